The van der Waals surface area contributed by atoms with E-state index in [9.17, 15) is 23.7 Å². The molecule has 0 aliphatic carbocycles. The summed E-state index contributed by atoms with van der Waals surface area (Å²) < 4.78 is 30.1. The van der Waals surface area contributed by atoms with Crippen molar-refractivity contribution in [1.29, 1.82) is 0 Å². The molecule has 18 heavy (non-hydrogen) atoms. The topological polar surface area (TPSA) is 82.3 Å². The van der Waals surface area contributed by atoms with Gasteiger partial charge in [-0.25, -0.2) is 18.6 Å². The van der Waals surface area contributed by atoms with Gasteiger partial charge >= 0.3 is 11.7 Å². The number of ether oxygens (including phenoxy) is 1. The molecule has 98 valence electrons. The number of rotatable bonds is 4. The average molecular weight is 281 g/mol. The molecule has 6 nitrogen and oxygen atoms in total. The summed E-state index contributed by atoms with van der Waals surface area (Å²) in [6, 6.07) is 0. The lowest BCUT2D eigenvalue weighted by atomic mass is 10.2. The summed E-state index contributed by atoms with van der Waals surface area (Å²) in [6.45, 7) is 1.44. The molecular formula is C9H7ClF2N2O4. The lowest BCUT2D eigenvalue weighted by Crippen LogP contribution is -2.12. The van der Waals surface area contributed by atoms with Crippen molar-refractivity contribution in [3.05, 3.63) is 32.6 Å². The first-order valence-corrected chi connectivity index (χ1v) is 5.06. The van der Waals surface area contributed by atoms with Crippen LogP contribution >= 0.6 is 11.6 Å². The van der Waals surface area contributed by atoms with Gasteiger partial charge in [0.2, 0.25) is 0 Å². The van der Waals surface area contributed by atoms with Gasteiger partial charge in [0.1, 0.15) is 11.2 Å². The van der Waals surface area contributed by atoms with E-state index in [-0.39, 0.29) is 6.61 Å². The van der Waals surface area contributed by atoms with E-state index in [0.29, 0.717) is 6.20 Å². The third-order valence-corrected chi connectivity index (χ3v) is 2.31. The highest BCUT2D eigenvalue weighted by molar-refractivity contribution is 6.33. The summed E-state index contributed by atoms with van der Waals surface area (Å²) in [7, 11) is 0. The molecule has 0 bridgehead atoms. The first-order valence-electron chi connectivity index (χ1n) is 4.68. The third-order valence-electron chi connectivity index (χ3n) is 1.92. The molecule has 0 spiro atoms. The van der Waals surface area contributed by atoms with Gasteiger partial charge in [-0.3, -0.25) is 10.1 Å². The van der Waals surface area contributed by atoms with Gasteiger partial charge in [0.25, 0.3) is 6.43 Å². The van der Waals surface area contributed by atoms with E-state index in [4.69, 9.17) is 11.6 Å². The number of alkyl halides is 2. The van der Waals surface area contributed by atoms with Gasteiger partial charge < -0.3 is 4.74 Å². The lowest BCUT2D eigenvalue weighted by Gasteiger charge is -2.08. The van der Waals surface area contributed by atoms with Crippen LogP contribution in [0, 0.1) is 10.1 Å². The minimum Gasteiger partial charge on any atom is -0.461 e. The molecule has 1 heterocycles. The zero-order chi connectivity index (χ0) is 13.9. The second-order valence-electron chi connectivity index (χ2n) is 3.00. The number of halogens is 3. The Kier molecular flexibility index (Phi) is 4.49. The standard InChI is InChI=1S/C9H7ClF2N2O4/c1-2-18-9(15)7-5(8(11)12)6(10)4(3-13-7)14(16)17/h3,8H,2H2,1H3. The fraction of sp³-hybridized carbons (Fsp3) is 0.333. The second-order valence-corrected chi connectivity index (χ2v) is 3.38. The van der Waals surface area contributed by atoms with Gasteiger partial charge in [0.05, 0.1) is 17.1 Å². The van der Waals surface area contributed by atoms with E-state index in [0.717, 1.165) is 0 Å². The predicted octanol–water partition coefficient (Wildman–Crippen LogP) is 2.76. The molecule has 0 N–H and O–H groups in total. The summed E-state index contributed by atoms with van der Waals surface area (Å²) in [4.78, 5) is 24.2. The number of nitro groups is 1. The summed E-state index contributed by atoms with van der Waals surface area (Å²) in [6.07, 6.45) is -2.54. The molecule has 1 aromatic rings. The van der Waals surface area contributed by atoms with Gasteiger partial charge in [-0.1, -0.05) is 11.6 Å². The van der Waals surface area contributed by atoms with Crippen LogP contribution in [0.4, 0.5) is 14.5 Å². The second kappa shape index (κ2) is 5.67. The Bertz CT molecular complexity index is 496. The van der Waals surface area contributed by atoms with Gasteiger partial charge in [0, 0.05) is 0 Å². The molecule has 0 aliphatic heterocycles. The first-order chi connectivity index (χ1) is 8.40. The molecule has 9 heteroatoms. The maximum Gasteiger partial charge on any atom is 0.357 e. The Morgan fingerprint density at radius 3 is 2.72 bits per heavy atom. The van der Waals surface area contributed by atoms with E-state index in [2.05, 4.69) is 9.72 Å². The van der Waals surface area contributed by atoms with Gasteiger partial charge in [-0.15, -0.1) is 0 Å². The van der Waals surface area contributed by atoms with Crippen molar-refractivity contribution in [2.75, 3.05) is 6.61 Å². The van der Waals surface area contributed by atoms with Crippen molar-refractivity contribution in [1.82, 2.24) is 4.98 Å². The first kappa shape index (κ1) is 14.2. The lowest BCUT2D eigenvalue weighted by molar-refractivity contribution is -0.385. The van der Waals surface area contributed by atoms with Crippen molar-refractivity contribution < 1.29 is 23.2 Å². The number of aromatic nitrogens is 1. The molecule has 0 amide bonds. The van der Waals surface area contributed by atoms with Gasteiger partial charge in [0.15, 0.2) is 5.69 Å². The Labute approximate surface area is 105 Å². The van der Waals surface area contributed by atoms with E-state index in [1.165, 1.54) is 6.92 Å². The van der Waals surface area contributed by atoms with Crippen molar-refractivity contribution in [3.8, 4) is 0 Å². The number of hydrogen-bond acceptors (Lipinski definition) is 5. The summed E-state index contributed by atoms with van der Waals surface area (Å²) in [5.41, 5.74) is -2.51. The minimum absolute atomic E-state index is 0.0439. The highest BCUT2D eigenvalue weighted by Gasteiger charge is 2.30. The number of esters is 1. The summed E-state index contributed by atoms with van der Waals surface area (Å²) in [5.74, 6) is -1.11. The Morgan fingerprint density at radius 2 is 2.28 bits per heavy atom. The van der Waals surface area contributed by atoms with Gasteiger partial charge in [-0.05, 0) is 6.92 Å². The molecule has 0 fully saturated rings. The fourth-order valence-electron chi connectivity index (χ4n) is 1.18. The summed E-state index contributed by atoms with van der Waals surface area (Å²) >= 11 is 5.48. The smallest absolute Gasteiger partial charge is 0.357 e. The van der Waals surface area contributed by atoms with E-state index < -0.39 is 39.3 Å². The summed E-state index contributed by atoms with van der Waals surface area (Å²) in [5, 5.41) is 9.71. The van der Waals surface area contributed by atoms with E-state index >= 15 is 0 Å². The number of nitrogens with zero attached hydrogens (tertiary/aromatic N) is 2. The molecule has 0 aliphatic rings. The van der Waals surface area contributed by atoms with Crippen LogP contribution in [0.2, 0.25) is 5.02 Å². The van der Waals surface area contributed by atoms with E-state index in [1.807, 2.05) is 0 Å². The van der Waals surface area contributed by atoms with Crippen LogP contribution in [0.5, 0.6) is 0 Å². The van der Waals surface area contributed by atoms with Crippen LogP contribution in [-0.4, -0.2) is 22.5 Å². The number of hydrogen-bond donors (Lipinski definition) is 0. The highest BCUT2D eigenvalue weighted by Crippen LogP contribution is 2.35. The van der Waals surface area contributed by atoms with Crippen LogP contribution in [0.3, 0.4) is 0 Å². The molecular weight excluding hydrogens is 274 g/mol. The molecule has 0 saturated heterocycles. The van der Waals surface area contributed by atoms with Crippen LogP contribution < -0.4 is 0 Å². The fourth-order valence-corrected chi connectivity index (χ4v) is 1.47. The molecule has 0 atom stereocenters. The normalized spacial score (nSPS) is 10.5. The predicted molar refractivity (Wildman–Crippen MR) is 56.8 cm³/mol. The molecule has 0 saturated carbocycles. The quantitative estimate of drug-likeness (QED) is 0.481. The van der Waals surface area contributed by atoms with E-state index in [1.54, 1.807) is 0 Å². The van der Waals surface area contributed by atoms with Crippen LogP contribution in [0.25, 0.3) is 0 Å². The Balaban J connectivity index is 3.41. The molecule has 0 unspecified atom stereocenters. The minimum atomic E-state index is -3.18. The number of carbonyl (C=O) groups excluding carboxylic acids is 1. The van der Waals surface area contributed by atoms with Crippen LogP contribution in [-0.2, 0) is 4.74 Å². The van der Waals surface area contributed by atoms with Crippen molar-refractivity contribution in [2.45, 2.75) is 13.3 Å². The van der Waals surface area contributed by atoms with Crippen molar-refractivity contribution in [2.24, 2.45) is 0 Å². The molecule has 1 rings (SSSR count). The maximum atomic E-state index is 12.8. The molecule has 0 radical (unpaired) electrons. The van der Waals surface area contributed by atoms with Crippen molar-refractivity contribution in [3.63, 3.8) is 0 Å². The number of pyridine rings is 1. The van der Waals surface area contributed by atoms with Gasteiger partial charge in [-0.2, -0.15) is 0 Å². The number of carbonyl (C=O) groups is 1. The third kappa shape index (κ3) is 2.70. The Morgan fingerprint density at radius 1 is 1.67 bits per heavy atom. The molecule has 1 aromatic heterocycles. The average Bonchev–Trinajstić information content (AvgIpc) is 2.27. The maximum absolute atomic E-state index is 12.8. The zero-order valence-electron chi connectivity index (χ0n) is 9.02. The van der Waals surface area contributed by atoms with Crippen LogP contribution in [0.15, 0.2) is 6.20 Å². The Hall–Kier alpha value is -1.83. The highest BCUT2D eigenvalue weighted by atomic mass is 35.5. The van der Waals surface area contributed by atoms with Crippen molar-refractivity contribution >= 4 is 23.3 Å². The SMILES string of the molecule is CCOC(=O)c1ncc([N+](=O)[O-])c(Cl)c1C(F)F. The van der Waals surface area contributed by atoms with Crippen LogP contribution in [0.1, 0.15) is 29.4 Å². The zero-order valence-corrected chi connectivity index (χ0v) is 9.78. The molecule has 0 aromatic carbocycles. The monoisotopic (exact) mass is 280 g/mol. The largest absolute Gasteiger partial charge is 0.461 e.